The molecule has 0 saturated heterocycles. The number of methoxy groups -OCH3 is 1. The zero-order valence-electron chi connectivity index (χ0n) is 14.1. The standard InChI is InChI=1S/C16H30N4O/c1-12(2)11-20(8-9-21-5)16-15(10-17-14-6-7-14)13(3)18-19(16)4/h12,14,17H,6-11H2,1-5H3. The molecule has 1 aromatic heterocycles. The van der Waals surface area contributed by atoms with Gasteiger partial charge in [-0.2, -0.15) is 5.10 Å². The fourth-order valence-electron chi connectivity index (χ4n) is 2.75. The monoisotopic (exact) mass is 294 g/mol. The lowest BCUT2D eigenvalue weighted by Crippen LogP contribution is -2.33. The van der Waals surface area contributed by atoms with Crippen molar-refractivity contribution in [2.45, 2.75) is 46.2 Å². The summed E-state index contributed by atoms with van der Waals surface area (Å²) in [6.45, 7) is 10.2. The zero-order valence-corrected chi connectivity index (χ0v) is 14.1. The first-order valence-corrected chi connectivity index (χ1v) is 8.02. The van der Waals surface area contributed by atoms with E-state index in [1.165, 1.54) is 24.2 Å². The molecule has 0 aliphatic heterocycles. The molecular formula is C16H30N4O. The van der Waals surface area contributed by atoms with Crippen LogP contribution in [0.1, 0.15) is 37.9 Å². The second-order valence-electron chi connectivity index (χ2n) is 6.50. The van der Waals surface area contributed by atoms with Crippen molar-refractivity contribution in [3.8, 4) is 0 Å². The number of nitrogens with one attached hydrogen (secondary N) is 1. The Morgan fingerprint density at radius 2 is 2.14 bits per heavy atom. The minimum absolute atomic E-state index is 0.612. The molecule has 5 heteroatoms. The fourth-order valence-corrected chi connectivity index (χ4v) is 2.75. The third-order valence-electron chi connectivity index (χ3n) is 3.91. The van der Waals surface area contributed by atoms with Crippen LogP contribution >= 0.6 is 0 Å². The van der Waals surface area contributed by atoms with Crippen LogP contribution in [0.4, 0.5) is 5.82 Å². The topological polar surface area (TPSA) is 42.3 Å². The average Bonchev–Trinajstić information content (AvgIpc) is 3.18. The predicted octanol–water partition coefficient (Wildman–Crippen LogP) is 2.09. The summed E-state index contributed by atoms with van der Waals surface area (Å²) in [6, 6.07) is 0.718. The van der Waals surface area contributed by atoms with Crippen molar-refractivity contribution in [3.63, 3.8) is 0 Å². The van der Waals surface area contributed by atoms with E-state index in [9.17, 15) is 0 Å². The van der Waals surface area contributed by atoms with Crippen LogP contribution in [0.3, 0.4) is 0 Å². The number of rotatable bonds is 9. The molecule has 0 amide bonds. The summed E-state index contributed by atoms with van der Waals surface area (Å²) >= 11 is 0. The SMILES string of the molecule is COCCN(CC(C)C)c1c(CNC2CC2)c(C)nn1C. The van der Waals surface area contributed by atoms with Crippen molar-refractivity contribution >= 4 is 5.82 Å². The molecule has 0 bridgehead atoms. The van der Waals surface area contributed by atoms with Gasteiger partial charge in [0.2, 0.25) is 0 Å². The van der Waals surface area contributed by atoms with Crippen molar-refractivity contribution in [1.82, 2.24) is 15.1 Å². The molecular weight excluding hydrogens is 264 g/mol. The quantitative estimate of drug-likeness (QED) is 0.757. The van der Waals surface area contributed by atoms with Gasteiger partial charge >= 0.3 is 0 Å². The Hall–Kier alpha value is -1.07. The highest BCUT2D eigenvalue weighted by molar-refractivity contribution is 5.50. The van der Waals surface area contributed by atoms with E-state index in [-0.39, 0.29) is 0 Å². The first-order valence-electron chi connectivity index (χ1n) is 8.02. The lowest BCUT2D eigenvalue weighted by atomic mass is 10.1. The van der Waals surface area contributed by atoms with E-state index in [0.29, 0.717) is 5.92 Å². The van der Waals surface area contributed by atoms with Gasteiger partial charge in [0.05, 0.1) is 12.3 Å². The van der Waals surface area contributed by atoms with Crippen molar-refractivity contribution in [2.75, 3.05) is 31.7 Å². The second kappa shape index (κ2) is 7.27. The molecule has 0 atom stereocenters. The van der Waals surface area contributed by atoms with Crippen LogP contribution in [0.5, 0.6) is 0 Å². The molecule has 5 nitrogen and oxygen atoms in total. The van der Waals surface area contributed by atoms with Gasteiger partial charge in [-0.05, 0) is 25.7 Å². The summed E-state index contributed by atoms with van der Waals surface area (Å²) in [5.74, 6) is 1.85. The van der Waals surface area contributed by atoms with Gasteiger partial charge in [0, 0.05) is 45.4 Å². The van der Waals surface area contributed by atoms with Crippen LogP contribution in [-0.2, 0) is 18.3 Å². The van der Waals surface area contributed by atoms with Gasteiger partial charge in [-0.1, -0.05) is 13.8 Å². The number of nitrogens with zero attached hydrogens (tertiary/aromatic N) is 3. The lowest BCUT2D eigenvalue weighted by molar-refractivity contribution is 0.204. The molecule has 1 fully saturated rings. The summed E-state index contributed by atoms with van der Waals surface area (Å²) in [4.78, 5) is 2.41. The Kier molecular flexibility index (Phi) is 5.65. The smallest absolute Gasteiger partial charge is 0.131 e. The van der Waals surface area contributed by atoms with Gasteiger partial charge in [-0.15, -0.1) is 0 Å². The molecule has 0 spiro atoms. The molecule has 1 heterocycles. The Morgan fingerprint density at radius 1 is 1.43 bits per heavy atom. The minimum atomic E-state index is 0.612. The van der Waals surface area contributed by atoms with Crippen LogP contribution in [-0.4, -0.2) is 42.6 Å². The maximum atomic E-state index is 5.28. The summed E-state index contributed by atoms with van der Waals surface area (Å²) in [5.41, 5.74) is 2.47. The van der Waals surface area contributed by atoms with Gasteiger partial charge in [0.25, 0.3) is 0 Å². The Balaban J connectivity index is 2.18. The lowest BCUT2D eigenvalue weighted by Gasteiger charge is -2.27. The van der Waals surface area contributed by atoms with Gasteiger partial charge in [0.1, 0.15) is 5.82 Å². The first kappa shape index (κ1) is 16.3. The number of aromatic nitrogens is 2. The van der Waals surface area contributed by atoms with E-state index >= 15 is 0 Å². The highest BCUT2D eigenvalue weighted by atomic mass is 16.5. The van der Waals surface area contributed by atoms with Crippen LogP contribution in [0.15, 0.2) is 0 Å². The zero-order chi connectivity index (χ0) is 15.4. The highest BCUT2D eigenvalue weighted by Crippen LogP contribution is 2.26. The number of aryl methyl sites for hydroxylation is 2. The maximum Gasteiger partial charge on any atom is 0.131 e. The number of hydrogen-bond acceptors (Lipinski definition) is 4. The molecule has 0 aromatic carbocycles. The molecule has 0 unspecified atom stereocenters. The number of ether oxygens (including phenoxy) is 1. The normalized spacial score (nSPS) is 15.0. The molecule has 0 radical (unpaired) electrons. The summed E-state index contributed by atoms with van der Waals surface area (Å²) in [5, 5.41) is 8.26. The fraction of sp³-hybridized carbons (Fsp3) is 0.812. The van der Waals surface area contributed by atoms with E-state index in [0.717, 1.165) is 38.0 Å². The van der Waals surface area contributed by atoms with Gasteiger partial charge < -0.3 is 15.0 Å². The maximum absolute atomic E-state index is 5.28. The summed E-state index contributed by atoms with van der Waals surface area (Å²) < 4.78 is 7.31. The van der Waals surface area contributed by atoms with Crippen molar-refractivity contribution in [1.29, 1.82) is 0 Å². The molecule has 1 aliphatic rings. The third-order valence-corrected chi connectivity index (χ3v) is 3.91. The summed E-state index contributed by atoms with van der Waals surface area (Å²) in [7, 11) is 3.81. The first-order chi connectivity index (χ1) is 10.0. The molecule has 1 N–H and O–H groups in total. The number of anilines is 1. The van der Waals surface area contributed by atoms with E-state index < -0.39 is 0 Å². The van der Waals surface area contributed by atoms with Gasteiger partial charge in [0.15, 0.2) is 0 Å². The molecule has 1 saturated carbocycles. The average molecular weight is 294 g/mol. The second-order valence-corrected chi connectivity index (χ2v) is 6.50. The minimum Gasteiger partial charge on any atom is -0.383 e. The molecule has 21 heavy (non-hydrogen) atoms. The molecule has 120 valence electrons. The Bertz CT molecular complexity index is 451. The van der Waals surface area contributed by atoms with E-state index in [4.69, 9.17) is 4.74 Å². The molecule has 1 aromatic rings. The van der Waals surface area contributed by atoms with Crippen LogP contribution < -0.4 is 10.2 Å². The van der Waals surface area contributed by atoms with Crippen LogP contribution in [0.25, 0.3) is 0 Å². The van der Waals surface area contributed by atoms with E-state index in [1.807, 2.05) is 11.7 Å². The molecule has 1 aliphatic carbocycles. The predicted molar refractivity (Wildman–Crippen MR) is 86.7 cm³/mol. The van der Waals surface area contributed by atoms with Crippen LogP contribution in [0.2, 0.25) is 0 Å². The number of hydrogen-bond donors (Lipinski definition) is 1. The van der Waals surface area contributed by atoms with Gasteiger partial charge in [-0.3, -0.25) is 4.68 Å². The van der Waals surface area contributed by atoms with Crippen molar-refractivity contribution in [3.05, 3.63) is 11.3 Å². The van der Waals surface area contributed by atoms with Crippen LogP contribution in [0, 0.1) is 12.8 Å². The third kappa shape index (κ3) is 4.45. The Labute approximate surface area is 128 Å². The van der Waals surface area contributed by atoms with E-state index in [1.54, 1.807) is 7.11 Å². The van der Waals surface area contributed by atoms with Gasteiger partial charge in [-0.25, -0.2) is 0 Å². The molecule has 2 rings (SSSR count). The van der Waals surface area contributed by atoms with E-state index in [2.05, 4.69) is 36.1 Å². The largest absolute Gasteiger partial charge is 0.383 e. The Morgan fingerprint density at radius 3 is 2.71 bits per heavy atom. The summed E-state index contributed by atoms with van der Waals surface area (Å²) in [6.07, 6.45) is 2.63. The van der Waals surface area contributed by atoms with Crippen molar-refractivity contribution in [2.24, 2.45) is 13.0 Å². The highest BCUT2D eigenvalue weighted by Gasteiger charge is 2.24. The van der Waals surface area contributed by atoms with Crippen molar-refractivity contribution < 1.29 is 4.74 Å².